The zero-order valence-corrected chi connectivity index (χ0v) is 16.8. The molecular weight excluding hydrogens is 386 g/mol. The molecule has 0 radical (unpaired) electrons. The number of carbonyl (C=O) groups excluding carboxylic acids is 1. The van der Waals surface area contributed by atoms with Crippen molar-refractivity contribution in [1.29, 1.82) is 0 Å². The Balaban J connectivity index is 2.58. The Morgan fingerprint density at radius 2 is 1.75 bits per heavy atom. The van der Waals surface area contributed by atoms with E-state index in [1.807, 2.05) is 0 Å². The Hall–Kier alpha value is -3.14. The van der Waals surface area contributed by atoms with Crippen molar-refractivity contribution in [1.82, 2.24) is 4.90 Å². The van der Waals surface area contributed by atoms with Gasteiger partial charge in [0.05, 0.1) is 22.6 Å². The number of sulfonamides is 1. The van der Waals surface area contributed by atoms with Gasteiger partial charge in [-0.1, -0.05) is 6.07 Å². The van der Waals surface area contributed by atoms with E-state index in [1.54, 1.807) is 12.1 Å². The standard InChI is InChI=1S/C18H21N3O6S/c1-13-5-10-16(11-17(13)21(23)24)28(25,26)20(12-18(22)19(2)3)14-6-8-15(27-4)9-7-14/h5-11H,12H2,1-4H3. The largest absolute Gasteiger partial charge is 0.497 e. The van der Waals surface area contributed by atoms with Gasteiger partial charge < -0.3 is 9.64 Å². The number of hydrogen-bond acceptors (Lipinski definition) is 6. The summed E-state index contributed by atoms with van der Waals surface area (Å²) in [5.74, 6) is 0.0759. The third kappa shape index (κ3) is 4.39. The van der Waals surface area contributed by atoms with Gasteiger partial charge in [-0.2, -0.15) is 0 Å². The molecule has 0 aliphatic rings. The van der Waals surface area contributed by atoms with E-state index >= 15 is 0 Å². The van der Waals surface area contributed by atoms with Crippen LogP contribution in [-0.2, 0) is 14.8 Å². The third-order valence-electron chi connectivity index (χ3n) is 4.10. The number of rotatable bonds is 7. The van der Waals surface area contributed by atoms with Crippen molar-refractivity contribution in [2.75, 3.05) is 32.1 Å². The smallest absolute Gasteiger partial charge is 0.273 e. The molecule has 2 aromatic rings. The van der Waals surface area contributed by atoms with Gasteiger partial charge in [0.1, 0.15) is 12.3 Å². The monoisotopic (exact) mass is 407 g/mol. The molecule has 0 atom stereocenters. The number of anilines is 1. The number of nitrogens with zero attached hydrogens (tertiary/aromatic N) is 3. The van der Waals surface area contributed by atoms with Crippen LogP contribution in [0.5, 0.6) is 5.75 Å². The minimum atomic E-state index is -4.23. The molecule has 0 heterocycles. The van der Waals surface area contributed by atoms with Crippen LogP contribution in [-0.4, -0.2) is 51.9 Å². The van der Waals surface area contributed by atoms with Crippen LogP contribution in [0.25, 0.3) is 0 Å². The van der Waals surface area contributed by atoms with Crippen LogP contribution in [0.2, 0.25) is 0 Å². The van der Waals surface area contributed by atoms with Crippen molar-refractivity contribution in [3.8, 4) is 5.75 Å². The number of nitro groups is 1. The molecule has 9 nitrogen and oxygen atoms in total. The Morgan fingerprint density at radius 1 is 1.14 bits per heavy atom. The average molecular weight is 407 g/mol. The predicted molar refractivity (Wildman–Crippen MR) is 104 cm³/mol. The lowest BCUT2D eigenvalue weighted by Crippen LogP contribution is -2.40. The van der Waals surface area contributed by atoms with Gasteiger partial charge >= 0.3 is 0 Å². The fourth-order valence-corrected chi connectivity index (χ4v) is 3.84. The molecule has 10 heteroatoms. The summed E-state index contributed by atoms with van der Waals surface area (Å²) in [6, 6.07) is 9.79. The summed E-state index contributed by atoms with van der Waals surface area (Å²) in [5.41, 5.74) is 0.262. The molecule has 28 heavy (non-hydrogen) atoms. The van der Waals surface area contributed by atoms with Crippen LogP contribution in [0.4, 0.5) is 11.4 Å². The van der Waals surface area contributed by atoms with Crippen molar-refractivity contribution in [3.63, 3.8) is 0 Å². The highest BCUT2D eigenvalue weighted by molar-refractivity contribution is 7.92. The molecule has 1 amide bonds. The third-order valence-corrected chi connectivity index (χ3v) is 5.87. The number of aryl methyl sites for hydroxylation is 1. The molecule has 0 N–H and O–H groups in total. The highest BCUT2D eigenvalue weighted by atomic mass is 32.2. The molecule has 0 saturated carbocycles. The van der Waals surface area contributed by atoms with Gasteiger partial charge in [-0.15, -0.1) is 0 Å². The van der Waals surface area contributed by atoms with Gasteiger partial charge in [-0.05, 0) is 37.3 Å². The summed E-state index contributed by atoms with van der Waals surface area (Å²) in [4.78, 5) is 23.8. The molecule has 2 rings (SSSR count). The van der Waals surface area contributed by atoms with Crippen LogP contribution in [0, 0.1) is 17.0 Å². The summed E-state index contributed by atoms with van der Waals surface area (Å²) in [6.07, 6.45) is 0. The molecule has 0 unspecified atom stereocenters. The summed E-state index contributed by atoms with van der Waals surface area (Å²) < 4.78 is 32.5. The van der Waals surface area contributed by atoms with Crippen LogP contribution < -0.4 is 9.04 Å². The maximum Gasteiger partial charge on any atom is 0.273 e. The first-order valence-corrected chi connectivity index (χ1v) is 9.64. The van der Waals surface area contributed by atoms with E-state index in [9.17, 15) is 23.3 Å². The highest BCUT2D eigenvalue weighted by Crippen LogP contribution is 2.29. The highest BCUT2D eigenvalue weighted by Gasteiger charge is 2.29. The van der Waals surface area contributed by atoms with E-state index in [0.29, 0.717) is 11.3 Å². The fourth-order valence-electron chi connectivity index (χ4n) is 2.40. The first-order chi connectivity index (χ1) is 13.1. The molecule has 2 aromatic carbocycles. The Labute approximate surface area is 163 Å². The molecule has 0 bridgehead atoms. The fraction of sp³-hybridized carbons (Fsp3) is 0.278. The first-order valence-electron chi connectivity index (χ1n) is 8.20. The molecule has 0 saturated heterocycles. The first kappa shape index (κ1) is 21.2. The minimum absolute atomic E-state index is 0.235. The molecule has 0 aromatic heterocycles. The van der Waals surface area contributed by atoms with Gasteiger partial charge in [-0.25, -0.2) is 8.42 Å². The summed E-state index contributed by atoms with van der Waals surface area (Å²) in [6.45, 7) is 1.06. The minimum Gasteiger partial charge on any atom is -0.497 e. The maximum absolute atomic E-state index is 13.2. The molecule has 0 aliphatic heterocycles. The second-order valence-corrected chi connectivity index (χ2v) is 8.07. The van der Waals surface area contributed by atoms with E-state index < -0.39 is 27.4 Å². The molecule has 0 fully saturated rings. The lowest BCUT2D eigenvalue weighted by atomic mass is 10.2. The Kier molecular flexibility index (Phi) is 6.24. The normalized spacial score (nSPS) is 11.0. The molecule has 150 valence electrons. The molecular formula is C18H21N3O6S. The topological polar surface area (TPSA) is 110 Å². The van der Waals surface area contributed by atoms with E-state index in [-0.39, 0.29) is 16.3 Å². The van der Waals surface area contributed by atoms with Crippen molar-refractivity contribution in [2.45, 2.75) is 11.8 Å². The number of benzene rings is 2. The number of ether oxygens (including phenoxy) is 1. The van der Waals surface area contributed by atoms with Gasteiger partial charge in [0.25, 0.3) is 15.7 Å². The quantitative estimate of drug-likeness (QED) is 0.514. The van der Waals surface area contributed by atoms with Crippen molar-refractivity contribution < 1.29 is 22.9 Å². The lowest BCUT2D eigenvalue weighted by Gasteiger charge is -2.25. The average Bonchev–Trinajstić information content (AvgIpc) is 2.65. The number of hydrogen-bond donors (Lipinski definition) is 0. The van der Waals surface area contributed by atoms with Crippen LogP contribution in [0.15, 0.2) is 47.4 Å². The van der Waals surface area contributed by atoms with Gasteiger partial charge in [0.2, 0.25) is 5.91 Å². The maximum atomic E-state index is 13.2. The van der Waals surface area contributed by atoms with E-state index in [1.165, 1.54) is 57.3 Å². The number of carbonyl (C=O) groups is 1. The van der Waals surface area contributed by atoms with Crippen LogP contribution >= 0.6 is 0 Å². The predicted octanol–water partition coefficient (Wildman–Crippen LogP) is 2.20. The van der Waals surface area contributed by atoms with E-state index in [0.717, 1.165) is 10.4 Å². The zero-order chi connectivity index (χ0) is 21.1. The molecule has 0 spiro atoms. The summed E-state index contributed by atoms with van der Waals surface area (Å²) >= 11 is 0. The zero-order valence-electron chi connectivity index (χ0n) is 15.9. The Bertz CT molecular complexity index is 987. The van der Waals surface area contributed by atoms with Crippen molar-refractivity contribution >= 4 is 27.3 Å². The number of amides is 1. The second-order valence-electron chi connectivity index (χ2n) is 6.20. The van der Waals surface area contributed by atoms with Gasteiger partial charge in [0, 0.05) is 25.7 Å². The van der Waals surface area contributed by atoms with E-state index in [2.05, 4.69) is 0 Å². The van der Waals surface area contributed by atoms with E-state index in [4.69, 9.17) is 4.74 Å². The Morgan fingerprint density at radius 3 is 2.25 bits per heavy atom. The van der Waals surface area contributed by atoms with Crippen LogP contribution in [0.1, 0.15) is 5.56 Å². The lowest BCUT2D eigenvalue weighted by molar-refractivity contribution is -0.385. The summed E-state index contributed by atoms with van der Waals surface area (Å²) in [7, 11) is 0.266. The van der Waals surface area contributed by atoms with Gasteiger partial charge in [0.15, 0.2) is 0 Å². The van der Waals surface area contributed by atoms with Crippen molar-refractivity contribution in [3.05, 3.63) is 58.1 Å². The number of likely N-dealkylation sites (N-methyl/N-ethyl adjacent to an activating group) is 1. The number of nitro benzene ring substituents is 1. The van der Waals surface area contributed by atoms with Gasteiger partial charge in [-0.3, -0.25) is 19.2 Å². The second kappa shape index (κ2) is 8.26. The number of methoxy groups -OCH3 is 1. The van der Waals surface area contributed by atoms with Crippen LogP contribution in [0.3, 0.4) is 0 Å². The summed E-state index contributed by atoms with van der Waals surface area (Å²) in [5, 5.41) is 11.2. The molecule has 0 aliphatic carbocycles. The van der Waals surface area contributed by atoms with Crippen molar-refractivity contribution in [2.24, 2.45) is 0 Å². The SMILES string of the molecule is COc1ccc(N(CC(=O)N(C)C)S(=O)(=O)c2ccc(C)c([N+](=O)[O-])c2)cc1.